The summed E-state index contributed by atoms with van der Waals surface area (Å²) in [5.74, 6) is -0.933. The highest BCUT2D eigenvalue weighted by molar-refractivity contribution is 5.76. The number of amides is 1. The highest BCUT2D eigenvalue weighted by Crippen LogP contribution is 2.39. The summed E-state index contributed by atoms with van der Waals surface area (Å²) in [6.45, 7) is 2.60. The van der Waals surface area contributed by atoms with Crippen molar-refractivity contribution in [2.24, 2.45) is 0 Å². The van der Waals surface area contributed by atoms with Gasteiger partial charge in [-0.2, -0.15) is 0 Å². The third-order valence-corrected chi connectivity index (χ3v) is 8.28. The number of likely N-dealkylation sites (tertiary alicyclic amines) is 1. The molecule has 2 heterocycles. The Morgan fingerprint density at radius 1 is 0.886 bits per heavy atom. The minimum absolute atomic E-state index is 0.00753. The van der Waals surface area contributed by atoms with E-state index >= 15 is 0 Å². The molecule has 0 radical (unpaired) electrons. The Labute approximate surface area is 258 Å². The predicted molar refractivity (Wildman–Crippen MR) is 165 cm³/mol. The summed E-state index contributed by atoms with van der Waals surface area (Å²) in [6, 6.07) is 24.0. The molecule has 0 bridgehead atoms. The van der Waals surface area contributed by atoms with E-state index in [1.165, 1.54) is 0 Å². The lowest BCUT2D eigenvalue weighted by Crippen LogP contribution is -2.38. The number of aliphatic carboxylic acids is 1. The molecule has 5 rings (SSSR count). The number of nitrogens with one attached hydrogen (secondary N) is 1. The average Bonchev–Trinajstić information content (AvgIpc) is 3.46. The van der Waals surface area contributed by atoms with Crippen LogP contribution < -0.4 is 5.32 Å². The molecule has 234 valence electrons. The fourth-order valence-corrected chi connectivity index (χ4v) is 5.88. The van der Waals surface area contributed by atoms with Gasteiger partial charge in [-0.05, 0) is 59.2 Å². The molecule has 1 amide bonds. The summed E-state index contributed by atoms with van der Waals surface area (Å²) in [7, 11) is 0. The number of aliphatic hydroxyl groups is 2. The lowest BCUT2D eigenvalue weighted by Gasteiger charge is -2.38. The molecule has 0 unspecified atom stereocenters. The number of unbranched alkanes of at least 4 members (excludes halogenated alkanes) is 1. The van der Waals surface area contributed by atoms with Crippen LogP contribution in [0.4, 0.5) is 0 Å². The molecule has 44 heavy (non-hydrogen) atoms. The number of β-amino-alcohol motifs (C(OH)–C–C–N with tert-alkyl or cyclic N) is 1. The zero-order valence-corrected chi connectivity index (χ0v) is 24.9. The normalized spacial score (nSPS) is 22.1. The molecule has 4 N–H and O–H groups in total. The van der Waals surface area contributed by atoms with E-state index in [4.69, 9.17) is 14.6 Å². The average molecular weight is 603 g/mol. The number of carboxylic acid groups (broad SMARTS) is 1. The Hall–Kier alpha value is -3.60. The summed E-state index contributed by atoms with van der Waals surface area (Å²) in [4.78, 5) is 25.1. The Balaban J connectivity index is 1.28. The fourth-order valence-electron chi connectivity index (χ4n) is 5.88. The lowest BCUT2D eigenvalue weighted by atomic mass is 9.98. The maximum Gasteiger partial charge on any atom is 0.303 e. The Bertz CT molecular complexity index is 1400. The van der Waals surface area contributed by atoms with E-state index in [-0.39, 0.29) is 37.2 Å². The van der Waals surface area contributed by atoms with Gasteiger partial charge in [0.2, 0.25) is 5.91 Å². The second-order valence-electron chi connectivity index (χ2n) is 11.8. The molecule has 9 nitrogen and oxygen atoms in total. The number of ether oxygens (including phenoxy) is 2. The van der Waals surface area contributed by atoms with Gasteiger partial charge in [0.15, 0.2) is 6.29 Å². The van der Waals surface area contributed by atoms with Gasteiger partial charge in [-0.15, -0.1) is 0 Å². The van der Waals surface area contributed by atoms with E-state index in [2.05, 4.69) is 22.3 Å². The molecule has 4 atom stereocenters. The monoisotopic (exact) mass is 602 g/mol. The van der Waals surface area contributed by atoms with Gasteiger partial charge in [-0.1, -0.05) is 60.7 Å². The van der Waals surface area contributed by atoms with Crippen LogP contribution in [0.1, 0.15) is 73.2 Å². The molecule has 0 spiro atoms. The van der Waals surface area contributed by atoms with Crippen LogP contribution in [0.2, 0.25) is 0 Å². The minimum Gasteiger partial charge on any atom is -0.481 e. The Morgan fingerprint density at radius 2 is 1.64 bits per heavy atom. The van der Waals surface area contributed by atoms with E-state index in [1.54, 1.807) is 0 Å². The number of hydrogen-bond donors (Lipinski definition) is 4. The molecule has 0 saturated carbocycles. The van der Waals surface area contributed by atoms with E-state index < -0.39 is 12.3 Å². The van der Waals surface area contributed by atoms with Crippen molar-refractivity contribution in [3.8, 4) is 11.1 Å². The first-order chi connectivity index (χ1) is 21.4. The van der Waals surface area contributed by atoms with Crippen molar-refractivity contribution in [3.05, 3.63) is 95.1 Å². The van der Waals surface area contributed by atoms with Crippen LogP contribution in [0.25, 0.3) is 11.1 Å². The Kier molecular flexibility index (Phi) is 11.1. The fraction of sp³-hybridized carbons (Fsp3) is 0.429. The quantitative estimate of drug-likeness (QED) is 0.207. The van der Waals surface area contributed by atoms with Crippen molar-refractivity contribution in [1.82, 2.24) is 10.2 Å². The van der Waals surface area contributed by atoms with Gasteiger partial charge in [0, 0.05) is 51.0 Å². The van der Waals surface area contributed by atoms with Crippen LogP contribution >= 0.6 is 0 Å². The van der Waals surface area contributed by atoms with Crippen molar-refractivity contribution in [2.45, 2.75) is 76.3 Å². The van der Waals surface area contributed by atoms with E-state index in [9.17, 15) is 19.8 Å². The molecule has 3 aromatic carbocycles. The third kappa shape index (κ3) is 8.97. The first kappa shape index (κ1) is 31.8. The van der Waals surface area contributed by atoms with Gasteiger partial charge in [-0.25, -0.2) is 0 Å². The summed E-state index contributed by atoms with van der Waals surface area (Å²) in [6.07, 6.45) is 1.75. The zero-order chi connectivity index (χ0) is 30.9. The summed E-state index contributed by atoms with van der Waals surface area (Å²) in [5, 5.41) is 31.2. The predicted octanol–water partition coefficient (Wildman–Crippen LogP) is 4.72. The lowest BCUT2D eigenvalue weighted by molar-refractivity contribution is -0.252. The maximum absolute atomic E-state index is 12.2. The number of rotatable bonds is 13. The number of hydrogen-bond acceptors (Lipinski definition) is 7. The molecule has 0 aromatic heterocycles. The van der Waals surface area contributed by atoms with Gasteiger partial charge in [0.1, 0.15) is 0 Å². The summed E-state index contributed by atoms with van der Waals surface area (Å²) >= 11 is 0. The van der Waals surface area contributed by atoms with Gasteiger partial charge in [-0.3, -0.25) is 14.5 Å². The maximum atomic E-state index is 12.2. The van der Waals surface area contributed by atoms with E-state index in [1.807, 2.05) is 60.7 Å². The Morgan fingerprint density at radius 3 is 2.36 bits per heavy atom. The number of carboxylic acids is 1. The highest BCUT2D eigenvalue weighted by Gasteiger charge is 2.34. The van der Waals surface area contributed by atoms with Crippen LogP contribution in [0.3, 0.4) is 0 Å². The van der Waals surface area contributed by atoms with Gasteiger partial charge in [0.05, 0.1) is 24.9 Å². The molecule has 2 saturated heterocycles. The highest BCUT2D eigenvalue weighted by atomic mass is 16.7. The molecular formula is C35H42N2O7. The van der Waals surface area contributed by atoms with Crippen molar-refractivity contribution < 1.29 is 34.4 Å². The van der Waals surface area contributed by atoms with E-state index in [0.717, 1.165) is 52.9 Å². The topological polar surface area (TPSA) is 129 Å². The van der Waals surface area contributed by atoms with Crippen molar-refractivity contribution in [1.29, 1.82) is 0 Å². The third-order valence-electron chi connectivity index (χ3n) is 8.28. The number of benzene rings is 3. The largest absolute Gasteiger partial charge is 0.481 e. The molecule has 2 fully saturated rings. The molecule has 2 aliphatic heterocycles. The van der Waals surface area contributed by atoms with Gasteiger partial charge < -0.3 is 30.1 Å². The van der Waals surface area contributed by atoms with Crippen LogP contribution in [0.5, 0.6) is 0 Å². The molecule has 3 aromatic rings. The standard InChI is InChI=1S/C35H42N2O7/c38-23-24-11-13-26(14-12-24)32-19-31(22-37-16-15-30(39)21-37)43-35(44-32)29-8-4-7-28(18-29)27-6-3-5-25(17-27)20-36-33(40)9-1-2-10-34(41)42/h3-8,11-14,17-18,30-32,35,38-39H,1-2,9-10,15-16,19-23H2,(H,36,40)(H,41,42)/t30-,31-,32+,35+/m0/s1. The first-order valence-corrected chi connectivity index (χ1v) is 15.4. The van der Waals surface area contributed by atoms with Gasteiger partial charge >= 0.3 is 5.97 Å². The number of carbonyl (C=O) groups is 2. The van der Waals surface area contributed by atoms with Crippen molar-refractivity contribution in [2.75, 3.05) is 19.6 Å². The van der Waals surface area contributed by atoms with E-state index in [0.29, 0.717) is 38.8 Å². The number of carbonyl (C=O) groups excluding carboxylic acids is 1. The van der Waals surface area contributed by atoms with Crippen molar-refractivity contribution in [3.63, 3.8) is 0 Å². The smallest absolute Gasteiger partial charge is 0.303 e. The minimum atomic E-state index is -0.844. The summed E-state index contributed by atoms with van der Waals surface area (Å²) < 4.78 is 13.1. The first-order valence-electron chi connectivity index (χ1n) is 15.4. The zero-order valence-electron chi connectivity index (χ0n) is 24.9. The number of aliphatic hydroxyl groups excluding tert-OH is 2. The molecule has 9 heteroatoms. The van der Waals surface area contributed by atoms with Crippen LogP contribution in [0.15, 0.2) is 72.8 Å². The van der Waals surface area contributed by atoms with Crippen LogP contribution in [-0.4, -0.2) is 63.9 Å². The van der Waals surface area contributed by atoms with Gasteiger partial charge in [0.25, 0.3) is 0 Å². The SMILES string of the molecule is O=C(O)CCCCC(=O)NCc1cccc(-c2cccc([C@@H]3O[C@H](CN4CC[C@H](O)C4)C[C@H](c4ccc(CO)cc4)O3)c2)c1. The number of nitrogens with zero attached hydrogens (tertiary/aromatic N) is 1. The van der Waals surface area contributed by atoms with Crippen LogP contribution in [-0.2, 0) is 32.2 Å². The second kappa shape index (κ2) is 15.4. The molecule has 2 aliphatic rings. The molecular weight excluding hydrogens is 560 g/mol. The van der Waals surface area contributed by atoms with Crippen molar-refractivity contribution >= 4 is 11.9 Å². The van der Waals surface area contributed by atoms with Crippen LogP contribution in [0, 0.1) is 0 Å². The second-order valence-corrected chi connectivity index (χ2v) is 11.8. The molecule has 0 aliphatic carbocycles. The summed E-state index contributed by atoms with van der Waals surface area (Å²) in [5.41, 5.74) is 5.78.